The number of aryl methyl sites for hydroxylation is 1. The van der Waals surface area contributed by atoms with E-state index >= 15 is 0 Å². The molecular weight excluding hydrogens is 362 g/mol. The zero-order valence-corrected chi connectivity index (χ0v) is 15.6. The first-order chi connectivity index (χ1) is 13.1. The molecule has 0 saturated heterocycles. The molecule has 0 fully saturated rings. The number of nitro benzene ring substituents is 1. The largest absolute Gasteiger partial charge is 0.269 e. The molecular formula is C19H17N5O2S. The van der Waals surface area contributed by atoms with Crippen LogP contribution in [0.2, 0.25) is 0 Å². The molecule has 0 unspecified atom stereocenters. The van der Waals surface area contributed by atoms with Crippen molar-refractivity contribution < 1.29 is 4.92 Å². The number of hydrogen-bond acceptors (Lipinski definition) is 6. The number of benzene rings is 1. The molecule has 0 radical (unpaired) electrons. The number of aromatic nitrogens is 4. The van der Waals surface area contributed by atoms with E-state index in [0.29, 0.717) is 5.82 Å². The monoisotopic (exact) mass is 379 g/mol. The van der Waals surface area contributed by atoms with Crippen LogP contribution in [0.1, 0.15) is 30.2 Å². The molecule has 8 heteroatoms. The topological polar surface area (TPSA) is 86.2 Å². The third kappa shape index (κ3) is 2.59. The van der Waals surface area contributed by atoms with E-state index in [1.807, 2.05) is 0 Å². The van der Waals surface area contributed by atoms with Gasteiger partial charge in [0.25, 0.3) is 5.69 Å². The first-order valence-electron chi connectivity index (χ1n) is 9.04. The van der Waals surface area contributed by atoms with Gasteiger partial charge in [-0.15, -0.1) is 16.4 Å². The lowest BCUT2D eigenvalue weighted by Gasteiger charge is -2.20. The molecule has 1 aromatic carbocycles. The predicted octanol–water partition coefficient (Wildman–Crippen LogP) is 4.43. The molecule has 136 valence electrons. The molecule has 27 heavy (non-hydrogen) atoms. The number of rotatable bonds is 3. The average molecular weight is 379 g/mol. The van der Waals surface area contributed by atoms with Gasteiger partial charge in [0.1, 0.15) is 11.2 Å². The fourth-order valence-electron chi connectivity index (χ4n) is 3.85. The van der Waals surface area contributed by atoms with Gasteiger partial charge in [-0.2, -0.15) is 0 Å². The van der Waals surface area contributed by atoms with Gasteiger partial charge in [0, 0.05) is 22.6 Å². The van der Waals surface area contributed by atoms with Crippen molar-refractivity contribution in [2.45, 2.75) is 32.6 Å². The lowest BCUT2D eigenvalue weighted by Crippen LogP contribution is -2.11. The summed E-state index contributed by atoms with van der Waals surface area (Å²) in [5.74, 6) is 1.32. The van der Waals surface area contributed by atoms with Crippen molar-refractivity contribution in [3.05, 3.63) is 51.1 Å². The van der Waals surface area contributed by atoms with Crippen LogP contribution in [0.5, 0.6) is 0 Å². The summed E-state index contributed by atoms with van der Waals surface area (Å²) in [7, 11) is 0. The number of hydrogen-bond donors (Lipinski definition) is 0. The van der Waals surface area contributed by atoms with Crippen LogP contribution in [0.4, 0.5) is 5.69 Å². The first kappa shape index (κ1) is 16.3. The highest BCUT2D eigenvalue weighted by Gasteiger charge is 2.24. The highest BCUT2D eigenvalue weighted by Crippen LogP contribution is 2.39. The maximum Gasteiger partial charge on any atom is 0.269 e. The molecule has 0 aliphatic heterocycles. The molecule has 0 saturated carbocycles. The third-order valence-corrected chi connectivity index (χ3v) is 6.56. The minimum Gasteiger partial charge on any atom is -0.258 e. The van der Waals surface area contributed by atoms with E-state index in [4.69, 9.17) is 4.98 Å². The van der Waals surface area contributed by atoms with Crippen molar-refractivity contribution in [1.29, 1.82) is 0 Å². The van der Waals surface area contributed by atoms with Crippen LogP contribution in [0.3, 0.4) is 0 Å². The minimum absolute atomic E-state index is 0.0592. The zero-order chi connectivity index (χ0) is 18.5. The summed E-state index contributed by atoms with van der Waals surface area (Å²) >= 11 is 1.78. The maximum absolute atomic E-state index is 10.9. The summed E-state index contributed by atoms with van der Waals surface area (Å²) in [6.07, 6.45) is 6.32. The van der Waals surface area contributed by atoms with Crippen molar-refractivity contribution in [2.75, 3.05) is 0 Å². The van der Waals surface area contributed by atoms with Crippen molar-refractivity contribution in [1.82, 2.24) is 19.6 Å². The molecule has 3 heterocycles. The summed E-state index contributed by atoms with van der Waals surface area (Å²) in [5, 5.41) is 16.5. The summed E-state index contributed by atoms with van der Waals surface area (Å²) in [6, 6.07) is 6.33. The molecule has 5 rings (SSSR count). The highest BCUT2D eigenvalue weighted by atomic mass is 32.1. The van der Waals surface area contributed by atoms with Crippen LogP contribution < -0.4 is 0 Å². The van der Waals surface area contributed by atoms with Crippen molar-refractivity contribution in [3.8, 4) is 11.4 Å². The Bertz CT molecular complexity index is 1180. The van der Waals surface area contributed by atoms with Gasteiger partial charge < -0.3 is 0 Å². The Balaban J connectivity index is 1.64. The fraction of sp³-hybridized carbons (Fsp3) is 0.316. The maximum atomic E-state index is 10.9. The molecule has 7 nitrogen and oxygen atoms in total. The number of non-ortho nitro benzene ring substituents is 1. The lowest BCUT2D eigenvalue weighted by atomic mass is 9.86. The Kier molecular flexibility index (Phi) is 3.68. The molecule has 4 aromatic rings. The Labute approximate surface area is 158 Å². The van der Waals surface area contributed by atoms with E-state index in [1.54, 1.807) is 34.3 Å². The zero-order valence-electron chi connectivity index (χ0n) is 14.8. The van der Waals surface area contributed by atoms with Gasteiger partial charge in [-0.25, -0.2) is 14.5 Å². The second-order valence-electron chi connectivity index (χ2n) is 6.95. The molecule has 1 aliphatic carbocycles. The number of nitrogens with zero attached hydrogens (tertiary/aromatic N) is 5. The average Bonchev–Trinajstić information content (AvgIpc) is 3.28. The Morgan fingerprint density at radius 2 is 2.15 bits per heavy atom. The molecule has 0 spiro atoms. The molecule has 0 bridgehead atoms. The molecule has 0 amide bonds. The van der Waals surface area contributed by atoms with Crippen LogP contribution in [-0.2, 0) is 12.8 Å². The van der Waals surface area contributed by atoms with E-state index in [-0.39, 0.29) is 5.69 Å². The van der Waals surface area contributed by atoms with Gasteiger partial charge in [0.2, 0.25) is 0 Å². The van der Waals surface area contributed by atoms with Crippen molar-refractivity contribution >= 4 is 32.9 Å². The minimum atomic E-state index is -0.407. The first-order valence-corrected chi connectivity index (χ1v) is 9.86. The SMILES string of the molecule is CC[C@H]1CCc2c(sc3ncn4nc(-c5ccc([N+](=O)[O-])cc5)nc4c23)C1. The normalized spacial score (nSPS) is 16.7. The van der Waals surface area contributed by atoms with Crippen LogP contribution >= 0.6 is 11.3 Å². The molecule has 1 atom stereocenters. The van der Waals surface area contributed by atoms with E-state index in [1.165, 1.54) is 35.4 Å². The number of thiophene rings is 1. The molecule has 3 aromatic heterocycles. The predicted molar refractivity (Wildman–Crippen MR) is 104 cm³/mol. The standard InChI is InChI=1S/C19H17N5O2S/c1-2-11-3-8-14-15(9-11)27-19-16(14)18-21-17(22-23(18)10-20-19)12-4-6-13(7-5-12)24(25)26/h4-7,10-11H,2-3,8-9H2,1H3/t11-/m0/s1. The second-order valence-corrected chi connectivity index (χ2v) is 8.04. The third-order valence-electron chi connectivity index (χ3n) is 5.40. The van der Waals surface area contributed by atoms with E-state index in [9.17, 15) is 10.1 Å². The van der Waals surface area contributed by atoms with Gasteiger partial charge in [-0.3, -0.25) is 10.1 Å². The Morgan fingerprint density at radius 1 is 1.33 bits per heavy atom. The summed E-state index contributed by atoms with van der Waals surface area (Å²) in [4.78, 5) is 22.3. The smallest absolute Gasteiger partial charge is 0.258 e. The van der Waals surface area contributed by atoms with Crippen LogP contribution in [0, 0.1) is 16.0 Å². The summed E-state index contributed by atoms with van der Waals surface area (Å²) in [6.45, 7) is 2.26. The highest BCUT2D eigenvalue weighted by molar-refractivity contribution is 7.19. The number of nitro groups is 1. The second kappa shape index (κ2) is 6.09. The number of fused-ring (bicyclic) bond motifs is 5. The lowest BCUT2D eigenvalue weighted by molar-refractivity contribution is -0.384. The van der Waals surface area contributed by atoms with Gasteiger partial charge in [0.05, 0.1) is 10.3 Å². The molecule has 1 aliphatic rings. The van der Waals surface area contributed by atoms with E-state index in [0.717, 1.165) is 40.2 Å². The fourth-order valence-corrected chi connectivity index (χ4v) is 5.14. The van der Waals surface area contributed by atoms with Gasteiger partial charge in [0.15, 0.2) is 11.5 Å². The van der Waals surface area contributed by atoms with Crippen molar-refractivity contribution in [2.24, 2.45) is 5.92 Å². The van der Waals surface area contributed by atoms with Crippen LogP contribution in [-0.4, -0.2) is 24.5 Å². The van der Waals surface area contributed by atoms with Crippen LogP contribution in [0.25, 0.3) is 27.3 Å². The van der Waals surface area contributed by atoms with E-state index < -0.39 is 4.92 Å². The quantitative estimate of drug-likeness (QED) is 0.388. The van der Waals surface area contributed by atoms with Gasteiger partial charge in [-0.1, -0.05) is 13.3 Å². The van der Waals surface area contributed by atoms with Crippen LogP contribution in [0.15, 0.2) is 30.6 Å². The summed E-state index contributed by atoms with van der Waals surface area (Å²) in [5.41, 5.74) is 3.01. The van der Waals surface area contributed by atoms with Gasteiger partial charge in [-0.05, 0) is 42.9 Å². The van der Waals surface area contributed by atoms with E-state index in [2.05, 4.69) is 17.0 Å². The van der Waals surface area contributed by atoms with Gasteiger partial charge >= 0.3 is 0 Å². The van der Waals surface area contributed by atoms with Crippen molar-refractivity contribution in [3.63, 3.8) is 0 Å². The Hall–Kier alpha value is -2.87. The Morgan fingerprint density at radius 3 is 2.89 bits per heavy atom. The summed E-state index contributed by atoms with van der Waals surface area (Å²) < 4.78 is 1.72. The molecule has 0 N–H and O–H groups in total.